The number of esters is 1. The maximum absolute atomic E-state index is 12.5. The lowest BCUT2D eigenvalue weighted by Crippen LogP contribution is -2.59. The number of rotatable bonds is 9. The first-order valence-electron chi connectivity index (χ1n) is 11.1. The van der Waals surface area contributed by atoms with E-state index in [2.05, 4.69) is 10.2 Å². The summed E-state index contributed by atoms with van der Waals surface area (Å²) in [5.41, 5.74) is -0.932. The van der Waals surface area contributed by atoms with Gasteiger partial charge in [-0.2, -0.15) is 0 Å². The van der Waals surface area contributed by atoms with Crippen LogP contribution in [0.25, 0.3) is 0 Å². The molecule has 0 aromatic heterocycles. The molecule has 1 aromatic rings. The lowest BCUT2D eigenvalue weighted by molar-refractivity contribution is -0.385. The topological polar surface area (TPSA) is 129 Å². The minimum absolute atomic E-state index is 0.111. The molecule has 0 spiro atoms. The molecule has 0 radical (unpaired) electrons. The van der Waals surface area contributed by atoms with Gasteiger partial charge in [-0.05, 0) is 12.8 Å². The maximum Gasteiger partial charge on any atom is 0.345 e. The molecule has 2 aliphatic rings. The summed E-state index contributed by atoms with van der Waals surface area (Å²) in [6.07, 6.45) is 5.37. The zero-order valence-corrected chi connectivity index (χ0v) is 19.1. The fraction of sp³-hybridized carbons (Fsp3) is 0.636. The van der Waals surface area contributed by atoms with E-state index in [0.717, 1.165) is 44.8 Å². The summed E-state index contributed by atoms with van der Waals surface area (Å²) in [6, 6.07) is 2.26. The van der Waals surface area contributed by atoms with Crippen molar-refractivity contribution >= 4 is 17.6 Å². The van der Waals surface area contributed by atoms with Crippen LogP contribution in [0, 0.1) is 10.1 Å². The number of carbonyl (C=O) groups is 2. The molecule has 1 aliphatic heterocycles. The Hall–Kier alpha value is -2.92. The van der Waals surface area contributed by atoms with Gasteiger partial charge in [-0.25, -0.2) is 4.79 Å². The third-order valence-electron chi connectivity index (χ3n) is 6.33. The van der Waals surface area contributed by atoms with E-state index < -0.39 is 29.1 Å². The molecule has 182 valence electrons. The molecule has 0 unspecified atom stereocenters. The van der Waals surface area contributed by atoms with Crippen molar-refractivity contribution in [1.29, 1.82) is 0 Å². The number of nitrogens with one attached hydrogen (secondary N) is 1. The molecule has 33 heavy (non-hydrogen) atoms. The molecule has 0 bridgehead atoms. The molecule has 11 nitrogen and oxygen atoms in total. The Labute approximate surface area is 192 Å². The largest absolute Gasteiger partial charge is 0.493 e. The van der Waals surface area contributed by atoms with Crippen LogP contribution in [0.15, 0.2) is 12.1 Å². The quantitative estimate of drug-likeness (QED) is 0.330. The molecule has 1 saturated heterocycles. The van der Waals surface area contributed by atoms with Gasteiger partial charge in [0.2, 0.25) is 0 Å². The first-order valence-corrected chi connectivity index (χ1v) is 11.1. The van der Waals surface area contributed by atoms with Crippen LogP contribution in [0.3, 0.4) is 0 Å². The van der Waals surface area contributed by atoms with E-state index in [1.807, 2.05) is 0 Å². The van der Waals surface area contributed by atoms with Crippen LogP contribution in [-0.2, 0) is 14.3 Å². The van der Waals surface area contributed by atoms with Gasteiger partial charge in [0.05, 0.1) is 38.4 Å². The van der Waals surface area contributed by atoms with Gasteiger partial charge < -0.3 is 24.3 Å². The summed E-state index contributed by atoms with van der Waals surface area (Å²) in [4.78, 5) is 38.1. The van der Waals surface area contributed by atoms with Gasteiger partial charge in [-0.3, -0.25) is 19.8 Å². The van der Waals surface area contributed by atoms with Crippen molar-refractivity contribution in [1.82, 2.24) is 10.2 Å². The summed E-state index contributed by atoms with van der Waals surface area (Å²) in [5, 5.41) is 14.3. The highest BCUT2D eigenvalue weighted by atomic mass is 16.6. The second-order valence-electron chi connectivity index (χ2n) is 8.22. The van der Waals surface area contributed by atoms with Gasteiger partial charge in [0.1, 0.15) is 5.56 Å². The predicted octanol–water partition coefficient (Wildman–Crippen LogP) is 1.92. The summed E-state index contributed by atoms with van der Waals surface area (Å²) in [7, 11) is 2.68. The molecular weight excluding hydrogens is 434 g/mol. The van der Waals surface area contributed by atoms with Gasteiger partial charge in [0, 0.05) is 31.2 Å². The van der Waals surface area contributed by atoms with E-state index in [1.54, 1.807) is 0 Å². The monoisotopic (exact) mass is 465 g/mol. The molecule has 1 N–H and O–H groups in total. The smallest absolute Gasteiger partial charge is 0.345 e. The highest BCUT2D eigenvalue weighted by Gasteiger charge is 2.39. The summed E-state index contributed by atoms with van der Waals surface area (Å²) in [6.45, 7) is 2.93. The lowest BCUT2D eigenvalue weighted by atomic mass is 9.79. The summed E-state index contributed by atoms with van der Waals surface area (Å²) >= 11 is 0. The molecular formula is C22H31N3O8. The van der Waals surface area contributed by atoms with Gasteiger partial charge in [-0.1, -0.05) is 19.3 Å². The van der Waals surface area contributed by atoms with Crippen molar-refractivity contribution in [2.24, 2.45) is 0 Å². The molecule has 1 aliphatic carbocycles. The second-order valence-corrected chi connectivity index (χ2v) is 8.22. The highest BCUT2D eigenvalue weighted by Crippen LogP contribution is 2.35. The van der Waals surface area contributed by atoms with E-state index in [9.17, 15) is 19.7 Å². The molecule has 1 amide bonds. The number of morpholine rings is 1. The Balaban J connectivity index is 1.62. The molecule has 11 heteroatoms. The number of amides is 1. The molecule has 1 aromatic carbocycles. The van der Waals surface area contributed by atoms with Crippen molar-refractivity contribution < 1.29 is 33.5 Å². The Morgan fingerprint density at radius 2 is 1.76 bits per heavy atom. The van der Waals surface area contributed by atoms with Gasteiger partial charge >= 0.3 is 5.97 Å². The van der Waals surface area contributed by atoms with E-state index in [4.69, 9.17) is 18.9 Å². The number of hydrogen-bond acceptors (Lipinski definition) is 9. The highest BCUT2D eigenvalue weighted by molar-refractivity contribution is 5.96. The summed E-state index contributed by atoms with van der Waals surface area (Å²) < 4.78 is 20.7. The van der Waals surface area contributed by atoms with Crippen molar-refractivity contribution in [2.75, 3.05) is 53.7 Å². The number of carbonyl (C=O) groups excluding carboxylic acids is 2. The van der Waals surface area contributed by atoms with Crippen LogP contribution in [0.1, 0.15) is 42.5 Å². The third kappa shape index (κ3) is 5.91. The fourth-order valence-corrected chi connectivity index (χ4v) is 4.56. The number of nitro benzene ring substituents is 1. The van der Waals surface area contributed by atoms with Crippen molar-refractivity contribution in [3.8, 4) is 11.5 Å². The van der Waals surface area contributed by atoms with Crippen LogP contribution in [0.2, 0.25) is 0 Å². The van der Waals surface area contributed by atoms with Crippen LogP contribution < -0.4 is 14.8 Å². The fourth-order valence-electron chi connectivity index (χ4n) is 4.56. The first-order chi connectivity index (χ1) is 15.9. The van der Waals surface area contributed by atoms with Gasteiger partial charge in [0.15, 0.2) is 18.1 Å². The standard InChI is InChI=1S/C22H31N3O8/c1-30-18-12-16(17(25(28)29)13-19(18)31-2)21(27)33-14-20(26)23-15-22(6-4-3-5-7-22)24-8-10-32-11-9-24/h12-13H,3-11,14-15H2,1-2H3,(H,23,26). The van der Waals surface area contributed by atoms with Gasteiger partial charge in [-0.15, -0.1) is 0 Å². The Morgan fingerprint density at radius 1 is 1.12 bits per heavy atom. The Kier molecular flexibility index (Phi) is 8.45. The average Bonchev–Trinajstić information content (AvgIpc) is 2.86. The number of nitrogens with zero attached hydrogens (tertiary/aromatic N) is 2. The molecule has 1 saturated carbocycles. The van der Waals surface area contributed by atoms with Crippen molar-refractivity contribution in [2.45, 2.75) is 37.6 Å². The number of methoxy groups -OCH3 is 2. The molecule has 3 rings (SSSR count). The third-order valence-corrected chi connectivity index (χ3v) is 6.33. The van der Waals surface area contributed by atoms with Gasteiger partial charge in [0.25, 0.3) is 11.6 Å². The first kappa shape index (κ1) is 24.7. The van der Waals surface area contributed by atoms with E-state index in [1.165, 1.54) is 26.7 Å². The number of nitro groups is 1. The summed E-state index contributed by atoms with van der Waals surface area (Å²) in [5.74, 6) is -1.19. The number of hydrogen-bond donors (Lipinski definition) is 1. The second kappa shape index (κ2) is 11.3. The van der Waals surface area contributed by atoms with Crippen molar-refractivity contribution in [3.05, 3.63) is 27.8 Å². The van der Waals surface area contributed by atoms with Crippen LogP contribution >= 0.6 is 0 Å². The van der Waals surface area contributed by atoms with Crippen LogP contribution in [0.5, 0.6) is 11.5 Å². The minimum atomic E-state index is -0.988. The van der Waals surface area contributed by atoms with Crippen molar-refractivity contribution in [3.63, 3.8) is 0 Å². The zero-order valence-electron chi connectivity index (χ0n) is 19.1. The van der Waals surface area contributed by atoms with Crippen LogP contribution in [-0.4, -0.2) is 80.9 Å². The Morgan fingerprint density at radius 3 is 2.36 bits per heavy atom. The SMILES string of the molecule is COc1cc(C(=O)OCC(=O)NCC2(N3CCOCC3)CCCCC2)c([N+](=O)[O-])cc1OC. The Bertz CT molecular complexity index is 863. The predicted molar refractivity (Wildman–Crippen MR) is 118 cm³/mol. The number of ether oxygens (including phenoxy) is 4. The lowest BCUT2D eigenvalue weighted by Gasteiger charge is -2.48. The zero-order chi connectivity index (χ0) is 23.8. The average molecular weight is 466 g/mol. The molecule has 1 heterocycles. The molecule has 2 fully saturated rings. The van der Waals surface area contributed by atoms with Crippen LogP contribution in [0.4, 0.5) is 5.69 Å². The molecule has 0 atom stereocenters. The minimum Gasteiger partial charge on any atom is -0.493 e. The van der Waals surface area contributed by atoms with E-state index in [-0.39, 0.29) is 22.6 Å². The van der Waals surface area contributed by atoms with E-state index >= 15 is 0 Å². The maximum atomic E-state index is 12.5. The van der Waals surface area contributed by atoms with E-state index in [0.29, 0.717) is 19.8 Å². The normalized spacial score (nSPS) is 18.2. The number of benzene rings is 1.